The Morgan fingerprint density at radius 1 is 1.38 bits per heavy atom. The van der Waals surface area contributed by atoms with Crippen LogP contribution in [-0.4, -0.2) is 23.4 Å². The van der Waals surface area contributed by atoms with Crippen molar-refractivity contribution in [1.82, 2.24) is 0 Å². The van der Waals surface area contributed by atoms with Crippen LogP contribution >= 0.6 is 23.1 Å². The molecule has 3 N–H and O–H groups in total. The third kappa shape index (κ3) is 4.15. The fraction of sp³-hybridized carbons (Fsp3) is 0.267. The molecule has 0 saturated carbocycles. The lowest BCUT2D eigenvalue weighted by Gasteiger charge is -2.13. The first kappa shape index (κ1) is 15.7. The molecule has 0 atom stereocenters. The number of nitrogens with two attached hydrogens (primary N) is 1. The van der Waals surface area contributed by atoms with Gasteiger partial charge in [-0.15, -0.1) is 23.1 Å². The number of thioether (sulfide) groups is 1. The minimum atomic E-state index is 0.0812. The summed E-state index contributed by atoms with van der Waals surface area (Å²) in [6.07, 6.45) is 0.846. The van der Waals surface area contributed by atoms with Crippen LogP contribution < -0.4 is 10.5 Å². The smallest absolute Gasteiger partial charge is 0.174 e. The normalized spacial score (nSPS) is 11.6. The summed E-state index contributed by atoms with van der Waals surface area (Å²) in [5, 5.41) is 14.2. The summed E-state index contributed by atoms with van der Waals surface area (Å²) in [5.74, 6) is 1.64. The van der Waals surface area contributed by atoms with Crippen LogP contribution in [0.5, 0.6) is 5.75 Å². The number of benzene rings is 1. The van der Waals surface area contributed by atoms with Gasteiger partial charge in [-0.25, -0.2) is 0 Å². The molecule has 1 heterocycles. The fourth-order valence-electron chi connectivity index (χ4n) is 1.93. The van der Waals surface area contributed by atoms with Gasteiger partial charge in [0, 0.05) is 16.2 Å². The Morgan fingerprint density at radius 2 is 2.24 bits per heavy atom. The van der Waals surface area contributed by atoms with E-state index in [4.69, 9.17) is 15.7 Å². The van der Waals surface area contributed by atoms with Crippen LogP contribution in [-0.2, 0) is 6.42 Å². The Kier molecular flexibility index (Phi) is 5.95. The van der Waals surface area contributed by atoms with Crippen molar-refractivity contribution in [1.29, 1.82) is 0 Å². The van der Waals surface area contributed by atoms with E-state index in [2.05, 4.69) is 23.5 Å². The molecule has 21 heavy (non-hydrogen) atoms. The standard InChI is InChI=1S/C15H18N2O2S2/c1-2-20-13-7-3-6-12(14(13)15(16)17-18)19-9-8-11-5-4-10-21-11/h3-7,10,18H,2,8-9H2,1H3,(H2,16,17). The quantitative estimate of drug-likeness (QED) is 0.269. The maximum Gasteiger partial charge on any atom is 0.174 e. The number of hydrogen-bond acceptors (Lipinski definition) is 5. The largest absolute Gasteiger partial charge is 0.492 e. The predicted octanol–water partition coefficient (Wildman–Crippen LogP) is 3.58. The lowest BCUT2D eigenvalue weighted by atomic mass is 10.2. The van der Waals surface area contributed by atoms with E-state index in [1.807, 2.05) is 24.3 Å². The molecule has 0 spiro atoms. The molecule has 0 unspecified atom stereocenters. The van der Waals surface area contributed by atoms with E-state index >= 15 is 0 Å². The van der Waals surface area contributed by atoms with E-state index in [1.54, 1.807) is 23.1 Å². The summed E-state index contributed by atoms with van der Waals surface area (Å²) in [7, 11) is 0. The fourth-order valence-corrected chi connectivity index (χ4v) is 3.45. The van der Waals surface area contributed by atoms with E-state index in [1.165, 1.54) is 4.88 Å². The number of rotatable bonds is 7. The third-order valence-electron chi connectivity index (χ3n) is 2.84. The molecule has 0 bridgehead atoms. The zero-order valence-corrected chi connectivity index (χ0v) is 13.4. The summed E-state index contributed by atoms with van der Waals surface area (Å²) in [4.78, 5) is 2.24. The Labute approximate surface area is 132 Å². The number of amidine groups is 1. The van der Waals surface area contributed by atoms with Crippen LogP contribution in [0, 0.1) is 0 Å². The molecule has 2 aromatic rings. The first-order valence-corrected chi connectivity index (χ1v) is 8.51. The second kappa shape index (κ2) is 7.95. The summed E-state index contributed by atoms with van der Waals surface area (Å²) in [6, 6.07) is 9.84. The molecule has 1 aromatic carbocycles. The molecule has 1 aromatic heterocycles. The molecule has 0 aliphatic rings. The number of thiophene rings is 1. The predicted molar refractivity (Wildman–Crippen MR) is 88.9 cm³/mol. The van der Waals surface area contributed by atoms with Crippen LogP contribution in [0.15, 0.2) is 45.8 Å². The first-order valence-electron chi connectivity index (χ1n) is 6.65. The summed E-state index contributed by atoms with van der Waals surface area (Å²) in [6.45, 7) is 2.62. The minimum absolute atomic E-state index is 0.0812. The van der Waals surface area contributed by atoms with Gasteiger partial charge in [0.1, 0.15) is 5.75 Å². The van der Waals surface area contributed by atoms with Crippen molar-refractivity contribution in [2.24, 2.45) is 10.9 Å². The average molecular weight is 322 g/mol. The van der Waals surface area contributed by atoms with E-state index in [9.17, 15) is 0 Å². The highest BCUT2D eigenvalue weighted by molar-refractivity contribution is 7.99. The Balaban J connectivity index is 2.15. The van der Waals surface area contributed by atoms with E-state index in [-0.39, 0.29) is 5.84 Å². The monoisotopic (exact) mass is 322 g/mol. The lowest BCUT2D eigenvalue weighted by Crippen LogP contribution is -2.16. The molecule has 0 radical (unpaired) electrons. The Hall–Kier alpha value is -1.66. The molecule has 4 nitrogen and oxygen atoms in total. The molecule has 0 amide bonds. The second-order valence-electron chi connectivity index (χ2n) is 4.23. The summed E-state index contributed by atoms with van der Waals surface area (Å²) < 4.78 is 5.84. The van der Waals surface area contributed by atoms with Crippen molar-refractivity contribution in [3.8, 4) is 5.75 Å². The highest BCUT2D eigenvalue weighted by atomic mass is 32.2. The number of hydrogen-bond donors (Lipinski definition) is 2. The maximum absolute atomic E-state index is 8.98. The maximum atomic E-state index is 8.98. The van der Waals surface area contributed by atoms with Gasteiger partial charge in [-0.2, -0.15) is 0 Å². The van der Waals surface area contributed by atoms with Crippen LogP contribution in [0.2, 0.25) is 0 Å². The highest BCUT2D eigenvalue weighted by Gasteiger charge is 2.14. The van der Waals surface area contributed by atoms with Gasteiger partial charge in [-0.3, -0.25) is 0 Å². The molecule has 0 fully saturated rings. The second-order valence-corrected chi connectivity index (χ2v) is 6.56. The van der Waals surface area contributed by atoms with Gasteiger partial charge < -0.3 is 15.7 Å². The van der Waals surface area contributed by atoms with Crippen molar-refractivity contribution in [2.45, 2.75) is 18.2 Å². The van der Waals surface area contributed by atoms with Crippen LogP contribution in [0.25, 0.3) is 0 Å². The van der Waals surface area contributed by atoms with Gasteiger partial charge in [0.15, 0.2) is 5.84 Å². The summed E-state index contributed by atoms with van der Waals surface area (Å²) in [5.41, 5.74) is 6.47. The van der Waals surface area contributed by atoms with Crippen molar-refractivity contribution >= 4 is 28.9 Å². The van der Waals surface area contributed by atoms with Crippen LogP contribution in [0.4, 0.5) is 0 Å². The van der Waals surface area contributed by atoms with Gasteiger partial charge in [0.25, 0.3) is 0 Å². The van der Waals surface area contributed by atoms with Crippen molar-refractivity contribution in [2.75, 3.05) is 12.4 Å². The van der Waals surface area contributed by atoms with Crippen LogP contribution in [0.1, 0.15) is 17.4 Å². The van der Waals surface area contributed by atoms with E-state index in [0.717, 1.165) is 17.1 Å². The molecule has 0 aliphatic heterocycles. The summed E-state index contributed by atoms with van der Waals surface area (Å²) >= 11 is 3.35. The molecular weight excluding hydrogens is 304 g/mol. The van der Waals surface area contributed by atoms with Crippen molar-refractivity contribution in [3.05, 3.63) is 46.2 Å². The minimum Gasteiger partial charge on any atom is -0.492 e. The van der Waals surface area contributed by atoms with Gasteiger partial charge in [-0.1, -0.05) is 24.2 Å². The molecular formula is C15H18N2O2S2. The van der Waals surface area contributed by atoms with E-state index in [0.29, 0.717) is 17.9 Å². The zero-order chi connectivity index (χ0) is 15.1. The van der Waals surface area contributed by atoms with Crippen LogP contribution in [0.3, 0.4) is 0 Å². The zero-order valence-electron chi connectivity index (χ0n) is 11.8. The Bertz CT molecular complexity index is 598. The molecule has 0 saturated heterocycles. The molecule has 6 heteroatoms. The molecule has 112 valence electrons. The third-order valence-corrected chi connectivity index (χ3v) is 4.71. The average Bonchev–Trinajstić information content (AvgIpc) is 3.00. The SMILES string of the molecule is CCSc1cccc(OCCc2cccs2)c1/C(N)=N/O. The van der Waals surface area contributed by atoms with E-state index < -0.39 is 0 Å². The van der Waals surface area contributed by atoms with Crippen molar-refractivity contribution < 1.29 is 9.94 Å². The lowest BCUT2D eigenvalue weighted by molar-refractivity contribution is 0.313. The van der Waals surface area contributed by atoms with Gasteiger partial charge >= 0.3 is 0 Å². The van der Waals surface area contributed by atoms with Gasteiger partial charge in [0.05, 0.1) is 12.2 Å². The molecule has 0 aliphatic carbocycles. The Morgan fingerprint density at radius 3 is 2.90 bits per heavy atom. The molecule has 2 rings (SSSR count). The first-order chi connectivity index (χ1) is 10.3. The van der Waals surface area contributed by atoms with Crippen molar-refractivity contribution in [3.63, 3.8) is 0 Å². The number of oxime groups is 1. The number of ether oxygens (including phenoxy) is 1. The van der Waals surface area contributed by atoms with Gasteiger partial charge in [-0.05, 0) is 29.3 Å². The topological polar surface area (TPSA) is 67.8 Å². The highest BCUT2D eigenvalue weighted by Crippen LogP contribution is 2.30. The van der Waals surface area contributed by atoms with Gasteiger partial charge in [0.2, 0.25) is 0 Å². The number of nitrogens with zero attached hydrogens (tertiary/aromatic N) is 1.